The van der Waals surface area contributed by atoms with E-state index in [-0.39, 0.29) is 17.7 Å². The lowest BCUT2D eigenvalue weighted by atomic mass is 10.1. The Morgan fingerprint density at radius 1 is 1.26 bits per heavy atom. The first kappa shape index (κ1) is 14.1. The second kappa shape index (κ2) is 6.75. The Hall–Kier alpha value is -1.29. The number of benzene rings is 1. The summed E-state index contributed by atoms with van der Waals surface area (Å²) in [6, 6.07) is 4.64. The first-order chi connectivity index (χ1) is 9.20. The molecule has 0 aliphatic heterocycles. The van der Waals surface area contributed by atoms with Gasteiger partial charge < -0.3 is 4.74 Å². The average Bonchev–Trinajstić information content (AvgIpc) is 2.67. The van der Waals surface area contributed by atoms with Crippen molar-refractivity contribution >= 4 is 17.3 Å². The van der Waals surface area contributed by atoms with Crippen molar-refractivity contribution in [1.82, 2.24) is 0 Å². The quantitative estimate of drug-likeness (QED) is 0.355. The van der Waals surface area contributed by atoms with E-state index >= 15 is 0 Å². The van der Waals surface area contributed by atoms with Crippen LogP contribution in [0.2, 0.25) is 0 Å². The smallest absolute Gasteiger partial charge is 0.270 e. The van der Waals surface area contributed by atoms with Crippen molar-refractivity contribution in [2.75, 3.05) is 0 Å². The van der Waals surface area contributed by atoms with Gasteiger partial charge in [0.25, 0.3) is 5.69 Å². The summed E-state index contributed by atoms with van der Waals surface area (Å²) in [5, 5.41) is 10.7. The van der Waals surface area contributed by atoms with Gasteiger partial charge in [-0.2, -0.15) is 0 Å². The number of nitro benzene ring substituents is 1. The number of non-ortho nitro benzene ring substituents is 1. The minimum absolute atomic E-state index is 0.0591. The molecule has 1 aliphatic rings. The standard InChI is InChI=1S/C14H18ClNO3/c15-10-11-9-12(16(17)18)7-8-14(11)19-13-5-3-1-2-4-6-13/h7-9,13H,1-6,10H2. The highest BCUT2D eigenvalue weighted by Crippen LogP contribution is 2.29. The van der Waals surface area contributed by atoms with E-state index in [1.807, 2.05) is 0 Å². The van der Waals surface area contributed by atoms with Crippen LogP contribution >= 0.6 is 11.6 Å². The highest BCUT2D eigenvalue weighted by atomic mass is 35.5. The summed E-state index contributed by atoms with van der Waals surface area (Å²) in [5.74, 6) is 0.913. The van der Waals surface area contributed by atoms with Crippen molar-refractivity contribution in [1.29, 1.82) is 0 Å². The predicted octanol–water partition coefficient (Wildman–Crippen LogP) is 4.44. The van der Waals surface area contributed by atoms with Gasteiger partial charge in [-0.25, -0.2) is 0 Å². The fraction of sp³-hybridized carbons (Fsp3) is 0.571. The lowest BCUT2D eigenvalue weighted by molar-refractivity contribution is -0.384. The maximum atomic E-state index is 10.7. The van der Waals surface area contributed by atoms with Crippen molar-refractivity contribution in [3.8, 4) is 5.75 Å². The molecule has 1 fully saturated rings. The molecule has 1 saturated carbocycles. The van der Waals surface area contributed by atoms with Gasteiger partial charge in [0.1, 0.15) is 5.75 Å². The number of ether oxygens (including phenoxy) is 1. The molecule has 0 spiro atoms. The third-order valence-corrected chi connectivity index (χ3v) is 3.78. The van der Waals surface area contributed by atoms with Crippen LogP contribution in [-0.4, -0.2) is 11.0 Å². The van der Waals surface area contributed by atoms with Gasteiger partial charge in [0.05, 0.1) is 16.9 Å². The predicted molar refractivity (Wildman–Crippen MR) is 74.8 cm³/mol. The molecule has 19 heavy (non-hydrogen) atoms. The molecule has 104 valence electrons. The number of halogens is 1. The molecule has 0 unspecified atom stereocenters. The molecule has 0 N–H and O–H groups in total. The Morgan fingerprint density at radius 2 is 1.95 bits per heavy atom. The van der Waals surface area contributed by atoms with Gasteiger partial charge in [-0.05, 0) is 31.7 Å². The summed E-state index contributed by atoms with van der Waals surface area (Å²) in [6.07, 6.45) is 7.23. The van der Waals surface area contributed by atoms with Crippen molar-refractivity contribution < 1.29 is 9.66 Å². The van der Waals surface area contributed by atoms with E-state index in [2.05, 4.69) is 0 Å². The van der Waals surface area contributed by atoms with Crippen LogP contribution in [0.1, 0.15) is 44.1 Å². The molecule has 2 rings (SSSR count). The Morgan fingerprint density at radius 3 is 2.53 bits per heavy atom. The van der Waals surface area contributed by atoms with Gasteiger partial charge in [-0.15, -0.1) is 11.6 Å². The number of alkyl halides is 1. The second-order valence-corrected chi connectivity index (χ2v) is 5.18. The topological polar surface area (TPSA) is 52.4 Å². The van der Waals surface area contributed by atoms with Crippen LogP contribution in [0, 0.1) is 10.1 Å². The summed E-state index contributed by atoms with van der Waals surface area (Å²) in [4.78, 5) is 10.3. The van der Waals surface area contributed by atoms with Gasteiger partial charge in [0.15, 0.2) is 0 Å². The molecule has 0 radical (unpaired) electrons. The normalized spacial score (nSPS) is 16.9. The molecular weight excluding hydrogens is 266 g/mol. The van der Waals surface area contributed by atoms with Crippen LogP contribution in [0.3, 0.4) is 0 Å². The molecule has 0 amide bonds. The zero-order valence-corrected chi connectivity index (χ0v) is 11.6. The number of rotatable bonds is 4. The molecule has 0 aromatic heterocycles. The van der Waals surface area contributed by atoms with Crippen LogP contribution in [0.15, 0.2) is 18.2 Å². The summed E-state index contributed by atoms with van der Waals surface area (Å²) < 4.78 is 5.99. The highest BCUT2D eigenvalue weighted by Gasteiger charge is 2.17. The molecule has 0 atom stereocenters. The van der Waals surface area contributed by atoms with Gasteiger partial charge in [-0.3, -0.25) is 10.1 Å². The minimum Gasteiger partial charge on any atom is -0.490 e. The third kappa shape index (κ3) is 3.83. The molecule has 1 aromatic carbocycles. The maximum absolute atomic E-state index is 10.7. The van der Waals surface area contributed by atoms with E-state index in [9.17, 15) is 10.1 Å². The fourth-order valence-corrected chi connectivity index (χ4v) is 2.65. The van der Waals surface area contributed by atoms with Crippen LogP contribution < -0.4 is 4.74 Å². The van der Waals surface area contributed by atoms with Crippen LogP contribution in [0.25, 0.3) is 0 Å². The maximum Gasteiger partial charge on any atom is 0.270 e. The van der Waals surface area contributed by atoms with E-state index < -0.39 is 4.92 Å². The molecule has 5 heteroatoms. The Bertz CT molecular complexity index is 442. The molecular formula is C14H18ClNO3. The monoisotopic (exact) mass is 283 g/mol. The van der Waals surface area contributed by atoms with Crippen LogP contribution in [0.5, 0.6) is 5.75 Å². The van der Waals surface area contributed by atoms with Crippen LogP contribution in [-0.2, 0) is 5.88 Å². The van der Waals surface area contributed by atoms with Crippen LogP contribution in [0.4, 0.5) is 5.69 Å². The number of nitrogens with zero attached hydrogens (tertiary/aromatic N) is 1. The minimum atomic E-state index is -0.411. The lowest BCUT2D eigenvalue weighted by Gasteiger charge is -2.18. The molecule has 0 saturated heterocycles. The average molecular weight is 284 g/mol. The number of hydrogen-bond acceptors (Lipinski definition) is 3. The first-order valence-corrected chi connectivity index (χ1v) is 7.24. The Balaban J connectivity index is 2.12. The number of nitro groups is 1. The summed E-state index contributed by atoms with van der Waals surface area (Å²) in [5.41, 5.74) is 0.754. The number of hydrogen-bond donors (Lipinski definition) is 0. The van der Waals surface area contributed by atoms with Crippen molar-refractivity contribution in [2.24, 2.45) is 0 Å². The van der Waals surface area contributed by atoms with Gasteiger partial charge in [0, 0.05) is 17.7 Å². The van der Waals surface area contributed by atoms with Crippen molar-refractivity contribution in [3.05, 3.63) is 33.9 Å². The largest absolute Gasteiger partial charge is 0.490 e. The molecule has 4 nitrogen and oxygen atoms in total. The second-order valence-electron chi connectivity index (χ2n) is 4.91. The van der Waals surface area contributed by atoms with E-state index in [0.29, 0.717) is 11.3 Å². The van der Waals surface area contributed by atoms with Gasteiger partial charge >= 0.3 is 0 Å². The lowest BCUT2D eigenvalue weighted by Crippen LogP contribution is -2.16. The zero-order valence-electron chi connectivity index (χ0n) is 10.8. The SMILES string of the molecule is O=[N+]([O-])c1ccc(OC2CCCCCC2)c(CCl)c1. The van der Waals surface area contributed by atoms with E-state index in [1.165, 1.54) is 37.8 Å². The molecule has 1 aromatic rings. The summed E-state index contributed by atoms with van der Waals surface area (Å²) in [6.45, 7) is 0. The van der Waals surface area contributed by atoms with Gasteiger partial charge in [-0.1, -0.05) is 12.8 Å². The fourth-order valence-electron chi connectivity index (χ4n) is 2.44. The Kier molecular flexibility index (Phi) is 5.02. The molecule has 0 bridgehead atoms. The third-order valence-electron chi connectivity index (χ3n) is 3.49. The van der Waals surface area contributed by atoms with E-state index in [0.717, 1.165) is 12.8 Å². The highest BCUT2D eigenvalue weighted by molar-refractivity contribution is 6.17. The van der Waals surface area contributed by atoms with Crippen molar-refractivity contribution in [2.45, 2.75) is 50.5 Å². The molecule has 0 heterocycles. The van der Waals surface area contributed by atoms with Gasteiger partial charge in [0.2, 0.25) is 0 Å². The first-order valence-electron chi connectivity index (χ1n) is 6.70. The summed E-state index contributed by atoms with van der Waals surface area (Å²) in [7, 11) is 0. The summed E-state index contributed by atoms with van der Waals surface area (Å²) >= 11 is 5.86. The Labute approximate surface area is 117 Å². The van der Waals surface area contributed by atoms with E-state index in [1.54, 1.807) is 6.07 Å². The van der Waals surface area contributed by atoms with E-state index in [4.69, 9.17) is 16.3 Å². The zero-order chi connectivity index (χ0) is 13.7. The molecule has 1 aliphatic carbocycles. The van der Waals surface area contributed by atoms with Crippen molar-refractivity contribution in [3.63, 3.8) is 0 Å².